The molecule has 0 aliphatic carbocycles. The average molecular weight is 308 g/mol. The summed E-state index contributed by atoms with van der Waals surface area (Å²) in [6.45, 7) is 12.2. The van der Waals surface area contributed by atoms with Crippen molar-refractivity contribution in [3.8, 4) is 0 Å². The van der Waals surface area contributed by atoms with E-state index in [0.29, 0.717) is 0 Å². The summed E-state index contributed by atoms with van der Waals surface area (Å²) in [5.74, 6) is 0.288. The number of hydrogen-bond acceptors (Lipinski definition) is 4. The highest BCUT2D eigenvalue weighted by Gasteiger charge is 2.35. The molecule has 22 heavy (non-hydrogen) atoms. The molecule has 0 aliphatic rings. The van der Waals surface area contributed by atoms with E-state index in [-0.39, 0.29) is 23.0 Å². The van der Waals surface area contributed by atoms with E-state index in [1.54, 1.807) is 0 Å². The van der Waals surface area contributed by atoms with Crippen molar-refractivity contribution in [1.29, 1.82) is 0 Å². The molecule has 126 valence electrons. The highest BCUT2D eigenvalue weighted by atomic mass is 16.5. The fourth-order valence-corrected chi connectivity index (χ4v) is 2.62. The Hall–Kier alpha value is -0.940. The second kappa shape index (κ2) is 7.55. The molecule has 1 atom stereocenters. The first kappa shape index (κ1) is 19.1. The zero-order valence-electron chi connectivity index (χ0n) is 14.8. The highest BCUT2D eigenvalue weighted by molar-refractivity contribution is 5.19. The normalized spacial score (nSPS) is 14.6. The Morgan fingerprint density at radius 1 is 1.05 bits per heavy atom. The van der Waals surface area contributed by atoms with E-state index < -0.39 is 0 Å². The maximum Gasteiger partial charge on any atom is 0.0628 e. The van der Waals surface area contributed by atoms with Gasteiger partial charge >= 0.3 is 0 Å². The zero-order valence-corrected chi connectivity index (χ0v) is 14.8. The lowest BCUT2D eigenvalue weighted by Crippen LogP contribution is -2.47. The number of hydroxylamine groups is 3. The molecule has 1 aromatic carbocycles. The van der Waals surface area contributed by atoms with Gasteiger partial charge in [0.1, 0.15) is 0 Å². The Morgan fingerprint density at radius 2 is 1.59 bits per heavy atom. The summed E-state index contributed by atoms with van der Waals surface area (Å²) in [6.07, 6.45) is 1.52. The predicted molar refractivity (Wildman–Crippen MR) is 90.0 cm³/mol. The summed E-state index contributed by atoms with van der Waals surface area (Å²) in [6, 6.07) is 10.1. The summed E-state index contributed by atoms with van der Waals surface area (Å²) in [7, 11) is 0. The first-order chi connectivity index (χ1) is 10.1. The molecule has 0 radical (unpaired) electrons. The minimum Gasteiger partial charge on any atom is -0.316 e. The molecule has 0 heterocycles. The van der Waals surface area contributed by atoms with E-state index in [2.05, 4.69) is 31.5 Å². The van der Waals surface area contributed by atoms with Crippen LogP contribution in [0.1, 0.15) is 66.0 Å². The second-order valence-electron chi connectivity index (χ2n) is 7.75. The molecule has 0 aliphatic heterocycles. The van der Waals surface area contributed by atoms with Gasteiger partial charge in [-0.1, -0.05) is 44.2 Å². The molecule has 0 saturated heterocycles. The standard InChI is InChI=1S/C18H32N2O2/c1-14(2)16(15-10-8-7-9-11-15)20(22)18(5,6)13-12-17(3,4)19-21/h7-11,14,16,19,21-22H,12-13H2,1-6H3. The van der Waals surface area contributed by atoms with Crippen molar-refractivity contribution in [1.82, 2.24) is 10.5 Å². The second-order valence-corrected chi connectivity index (χ2v) is 7.75. The van der Waals surface area contributed by atoms with E-state index in [4.69, 9.17) is 0 Å². The topological polar surface area (TPSA) is 55.7 Å². The highest BCUT2D eigenvalue weighted by Crippen LogP contribution is 2.35. The summed E-state index contributed by atoms with van der Waals surface area (Å²) in [5.41, 5.74) is 2.70. The molecule has 0 aromatic heterocycles. The van der Waals surface area contributed by atoms with Crippen molar-refractivity contribution < 1.29 is 10.4 Å². The van der Waals surface area contributed by atoms with Crippen molar-refractivity contribution in [2.45, 2.75) is 71.5 Å². The van der Waals surface area contributed by atoms with Crippen LogP contribution in [0.2, 0.25) is 0 Å². The van der Waals surface area contributed by atoms with E-state index in [1.165, 1.54) is 5.06 Å². The maximum absolute atomic E-state index is 10.9. The molecule has 0 fully saturated rings. The summed E-state index contributed by atoms with van der Waals surface area (Å²) < 4.78 is 0. The van der Waals surface area contributed by atoms with Gasteiger partial charge in [0.2, 0.25) is 0 Å². The molecule has 0 amide bonds. The zero-order chi connectivity index (χ0) is 17.0. The largest absolute Gasteiger partial charge is 0.316 e. The third-order valence-electron chi connectivity index (χ3n) is 4.32. The lowest BCUT2D eigenvalue weighted by atomic mass is 9.86. The van der Waals surface area contributed by atoms with Crippen LogP contribution >= 0.6 is 0 Å². The van der Waals surface area contributed by atoms with Crippen molar-refractivity contribution in [2.24, 2.45) is 5.92 Å². The maximum atomic E-state index is 10.9. The minimum atomic E-state index is -0.390. The van der Waals surface area contributed by atoms with E-state index in [0.717, 1.165) is 18.4 Å². The number of hydrogen-bond donors (Lipinski definition) is 3. The van der Waals surface area contributed by atoms with Crippen LogP contribution < -0.4 is 5.48 Å². The van der Waals surface area contributed by atoms with E-state index >= 15 is 0 Å². The van der Waals surface area contributed by atoms with Gasteiger partial charge in [0.15, 0.2) is 0 Å². The van der Waals surface area contributed by atoms with Crippen LogP contribution in [-0.2, 0) is 0 Å². The monoisotopic (exact) mass is 308 g/mol. The van der Waals surface area contributed by atoms with Gasteiger partial charge in [-0.3, -0.25) is 0 Å². The van der Waals surface area contributed by atoms with Crippen molar-refractivity contribution >= 4 is 0 Å². The Morgan fingerprint density at radius 3 is 2.05 bits per heavy atom. The van der Waals surface area contributed by atoms with Gasteiger partial charge in [-0.2, -0.15) is 5.06 Å². The van der Waals surface area contributed by atoms with Crippen molar-refractivity contribution in [3.05, 3.63) is 35.9 Å². The van der Waals surface area contributed by atoms with Crippen LogP contribution in [-0.4, -0.2) is 26.6 Å². The summed E-state index contributed by atoms with van der Waals surface area (Å²) in [4.78, 5) is 0. The lowest BCUT2D eigenvalue weighted by Gasteiger charge is -2.42. The Labute approximate surface area is 135 Å². The van der Waals surface area contributed by atoms with Gasteiger partial charge < -0.3 is 10.4 Å². The van der Waals surface area contributed by atoms with Crippen molar-refractivity contribution in [2.75, 3.05) is 0 Å². The van der Waals surface area contributed by atoms with Crippen LogP contribution in [0.4, 0.5) is 0 Å². The molecule has 0 saturated carbocycles. The summed E-state index contributed by atoms with van der Waals surface area (Å²) >= 11 is 0. The number of rotatable bonds is 8. The van der Waals surface area contributed by atoms with E-state index in [9.17, 15) is 10.4 Å². The predicted octanol–water partition coefficient (Wildman–Crippen LogP) is 4.39. The first-order valence-electron chi connectivity index (χ1n) is 8.05. The van der Waals surface area contributed by atoms with Crippen LogP contribution in [0.15, 0.2) is 30.3 Å². The molecule has 3 N–H and O–H groups in total. The molecule has 1 rings (SSSR count). The van der Waals surface area contributed by atoms with Crippen molar-refractivity contribution in [3.63, 3.8) is 0 Å². The quantitative estimate of drug-likeness (QED) is 0.623. The van der Waals surface area contributed by atoms with Crippen LogP contribution in [0, 0.1) is 5.92 Å². The van der Waals surface area contributed by atoms with Gasteiger partial charge in [0, 0.05) is 11.1 Å². The molecule has 0 spiro atoms. The fourth-order valence-electron chi connectivity index (χ4n) is 2.62. The number of benzene rings is 1. The van der Waals surface area contributed by atoms with Crippen LogP contribution in [0.5, 0.6) is 0 Å². The van der Waals surface area contributed by atoms with Gasteiger partial charge in [-0.25, -0.2) is 5.48 Å². The van der Waals surface area contributed by atoms with Crippen LogP contribution in [0.25, 0.3) is 0 Å². The Balaban J connectivity index is 2.91. The van der Waals surface area contributed by atoms with Gasteiger partial charge in [0.25, 0.3) is 0 Å². The van der Waals surface area contributed by atoms with Crippen LogP contribution in [0.3, 0.4) is 0 Å². The Bertz CT molecular complexity index is 444. The first-order valence-corrected chi connectivity index (χ1v) is 8.05. The third-order valence-corrected chi connectivity index (χ3v) is 4.32. The molecule has 4 nitrogen and oxygen atoms in total. The average Bonchev–Trinajstić information content (AvgIpc) is 2.46. The van der Waals surface area contributed by atoms with E-state index in [1.807, 2.05) is 45.9 Å². The van der Waals surface area contributed by atoms with Gasteiger partial charge in [0.05, 0.1) is 6.04 Å². The lowest BCUT2D eigenvalue weighted by molar-refractivity contribution is -0.208. The number of nitrogens with zero attached hydrogens (tertiary/aromatic N) is 1. The summed E-state index contributed by atoms with van der Waals surface area (Å²) in [5, 5.41) is 21.5. The Kier molecular flexibility index (Phi) is 6.56. The van der Waals surface area contributed by atoms with Gasteiger partial charge in [-0.15, -0.1) is 0 Å². The molecule has 1 aromatic rings. The molecular weight excluding hydrogens is 276 g/mol. The minimum absolute atomic E-state index is 0.0543. The molecule has 4 heteroatoms. The molecular formula is C18H32N2O2. The van der Waals surface area contributed by atoms with Gasteiger partial charge in [-0.05, 0) is 52.0 Å². The third kappa shape index (κ3) is 5.06. The number of nitrogens with one attached hydrogen (secondary N) is 1. The molecule has 0 bridgehead atoms. The fraction of sp³-hybridized carbons (Fsp3) is 0.667. The molecule has 1 unspecified atom stereocenters. The SMILES string of the molecule is CC(C)C(c1ccccc1)N(O)C(C)(C)CCC(C)(C)NO. The smallest absolute Gasteiger partial charge is 0.0628 e.